The Morgan fingerprint density at radius 1 is 1.50 bits per heavy atom. The van der Waals surface area contributed by atoms with Crippen LogP contribution in [0.25, 0.3) is 0 Å². The number of carbonyl (C=O) groups excluding carboxylic acids is 1. The van der Waals surface area contributed by atoms with Gasteiger partial charge in [-0.2, -0.15) is 0 Å². The molecular formula is C11H16N4O3. The van der Waals surface area contributed by atoms with Crippen molar-refractivity contribution in [2.75, 3.05) is 11.4 Å². The molecular weight excluding hydrogens is 236 g/mol. The molecule has 7 nitrogen and oxygen atoms in total. The largest absolute Gasteiger partial charge is 0.406 e. The molecule has 1 aliphatic heterocycles. The van der Waals surface area contributed by atoms with Crippen LogP contribution < -0.4 is 4.90 Å². The highest BCUT2D eigenvalue weighted by atomic mass is 16.6. The van der Waals surface area contributed by atoms with Crippen LogP contribution in [-0.2, 0) is 11.8 Å². The number of nitrogens with zero attached hydrogens (tertiary/aromatic N) is 4. The van der Waals surface area contributed by atoms with Gasteiger partial charge in [-0.1, -0.05) is 0 Å². The molecule has 0 aromatic carbocycles. The van der Waals surface area contributed by atoms with E-state index in [1.54, 1.807) is 23.4 Å². The lowest BCUT2D eigenvalue weighted by atomic mass is 10.0. The first-order chi connectivity index (χ1) is 8.56. The van der Waals surface area contributed by atoms with Gasteiger partial charge in [-0.05, 0) is 29.2 Å². The SMILES string of the molecule is Cc1nc([N+](=O)[O-])c(N2CCCCC2C=O)n1C. The fourth-order valence-corrected chi connectivity index (χ4v) is 2.39. The fraction of sp³-hybridized carbons (Fsp3) is 0.636. The maximum absolute atomic E-state index is 11.1. The monoisotopic (exact) mass is 252 g/mol. The molecule has 18 heavy (non-hydrogen) atoms. The number of imidazole rings is 1. The van der Waals surface area contributed by atoms with Crippen LogP contribution in [0.5, 0.6) is 0 Å². The minimum Gasteiger partial charge on any atom is -0.358 e. The number of aromatic nitrogens is 2. The van der Waals surface area contributed by atoms with Gasteiger partial charge in [0.15, 0.2) is 0 Å². The zero-order valence-corrected chi connectivity index (χ0v) is 10.5. The smallest absolute Gasteiger partial charge is 0.358 e. The van der Waals surface area contributed by atoms with Crippen molar-refractivity contribution in [2.24, 2.45) is 7.05 Å². The predicted molar refractivity (Wildman–Crippen MR) is 65.6 cm³/mol. The van der Waals surface area contributed by atoms with Crippen molar-refractivity contribution in [2.45, 2.75) is 32.2 Å². The molecule has 0 bridgehead atoms. The molecule has 7 heteroatoms. The summed E-state index contributed by atoms with van der Waals surface area (Å²) in [5.41, 5.74) is 0. The van der Waals surface area contributed by atoms with Crippen LogP contribution in [0.2, 0.25) is 0 Å². The van der Waals surface area contributed by atoms with Gasteiger partial charge in [0.1, 0.15) is 6.29 Å². The molecule has 0 spiro atoms. The second kappa shape index (κ2) is 4.75. The summed E-state index contributed by atoms with van der Waals surface area (Å²) in [5.74, 6) is 0.852. The molecule has 0 aliphatic carbocycles. The Hall–Kier alpha value is -1.92. The maximum Gasteiger partial charge on any atom is 0.406 e. The van der Waals surface area contributed by atoms with Gasteiger partial charge in [-0.25, -0.2) is 0 Å². The zero-order valence-electron chi connectivity index (χ0n) is 10.5. The molecule has 1 aromatic rings. The number of aryl methyl sites for hydroxylation is 1. The fourth-order valence-electron chi connectivity index (χ4n) is 2.39. The summed E-state index contributed by atoms with van der Waals surface area (Å²) in [5, 5.41) is 11.0. The van der Waals surface area contributed by atoms with Crippen LogP contribution in [0.3, 0.4) is 0 Å². The first-order valence-corrected chi connectivity index (χ1v) is 5.96. The summed E-state index contributed by atoms with van der Waals surface area (Å²) in [6.07, 6.45) is 3.52. The minimum absolute atomic E-state index is 0.163. The van der Waals surface area contributed by atoms with Gasteiger partial charge in [0, 0.05) is 20.5 Å². The molecule has 1 atom stereocenters. The third kappa shape index (κ3) is 1.96. The van der Waals surface area contributed by atoms with Crippen molar-refractivity contribution in [1.82, 2.24) is 9.55 Å². The van der Waals surface area contributed by atoms with E-state index in [0.29, 0.717) is 18.2 Å². The second-order valence-corrected chi connectivity index (χ2v) is 4.51. The zero-order chi connectivity index (χ0) is 13.3. The lowest BCUT2D eigenvalue weighted by Gasteiger charge is -2.33. The topological polar surface area (TPSA) is 81.3 Å². The van der Waals surface area contributed by atoms with Crippen molar-refractivity contribution in [3.05, 3.63) is 15.9 Å². The lowest BCUT2D eigenvalue weighted by Crippen LogP contribution is -2.41. The van der Waals surface area contributed by atoms with Crippen LogP contribution in [0, 0.1) is 17.0 Å². The third-order valence-corrected chi connectivity index (χ3v) is 3.42. The van der Waals surface area contributed by atoms with E-state index in [1.807, 2.05) is 0 Å². The van der Waals surface area contributed by atoms with E-state index in [-0.39, 0.29) is 11.9 Å². The summed E-state index contributed by atoms with van der Waals surface area (Å²) in [6.45, 7) is 2.37. The molecule has 1 saturated heterocycles. The third-order valence-electron chi connectivity index (χ3n) is 3.42. The minimum atomic E-state index is -0.487. The Morgan fingerprint density at radius 2 is 2.22 bits per heavy atom. The average Bonchev–Trinajstić information content (AvgIpc) is 2.66. The van der Waals surface area contributed by atoms with E-state index in [1.165, 1.54) is 0 Å². The maximum atomic E-state index is 11.1. The van der Waals surface area contributed by atoms with Gasteiger partial charge in [-0.3, -0.25) is 4.57 Å². The van der Waals surface area contributed by atoms with E-state index >= 15 is 0 Å². The van der Waals surface area contributed by atoms with Gasteiger partial charge in [0.2, 0.25) is 11.6 Å². The number of rotatable bonds is 3. The van der Waals surface area contributed by atoms with Crippen molar-refractivity contribution < 1.29 is 9.72 Å². The Labute approximate surface area is 105 Å². The summed E-state index contributed by atoms with van der Waals surface area (Å²) in [7, 11) is 1.74. The average molecular weight is 252 g/mol. The second-order valence-electron chi connectivity index (χ2n) is 4.51. The number of hydrogen-bond donors (Lipinski definition) is 0. The number of piperidine rings is 1. The van der Waals surface area contributed by atoms with Crippen LogP contribution in [-0.4, -0.2) is 33.3 Å². The Balaban J connectivity index is 2.48. The van der Waals surface area contributed by atoms with E-state index < -0.39 is 4.92 Å². The number of anilines is 1. The van der Waals surface area contributed by atoms with Gasteiger partial charge in [-0.15, -0.1) is 0 Å². The van der Waals surface area contributed by atoms with Crippen LogP contribution in [0.1, 0.15) is 25.1 Å². The molecule has 0 N–H and O–H groups in total. The summed E-state index contributed by atoms with van der Waals surface area (Å²) in [6, 6.07) is -0.285. The molecule has 0 amide bonds. The highest BCUT2D eigenvalue weighted by molar-refractivity contribution is 5.68. The van der Waals surface area contributed by atoms with Gasteiger partial charge in [0.05, 0.1) is 6.04 Å². The van der Waals surface area contributed by atoms with Gasteiger partial charge >= 0.3 is 5.82 Å². The van der Waals surface area contributed by atoms with E-state index in [9.17, 15) is 14.9 Å². The van der Waals surface area contributed by atoms with Gasteiger partial charge in [0.25, 0.3) is 0 Å². The van der Waals surface area contributed by atoms with Crippen LogP contribution in [0.15, 0.2) is 0 Å². The summed E-state index contributed by atoms with van der Waals surface area (Å²) in [4.78, 5) is 27.4. The normalized spacial score (nSPS) is 19.9. The molecule has 1 aromatic heterocycles. The Bertz CT molecular complexity index is 483. The summed E-state index contributed by atoms with van der Waals surface area (Å²) < 4.78 is 1.68. The van der Waals surface area contributed by atoms with E-state index in [0.717, 1.165) is 25.5 Å². The van der Waals surface area contributed by atoms with Crippen molar-refractivity contribution >= 4 is 17.9 Å². The van der Waals surface area contributed by atoms with Crippen molar-refractivity contribution in [1.29, 1.82) is 0 Å². The number of hydrogen-bond acceptors (Lipinski definition) is 5. The first-order valence-electron chi connectivity index (χ1n) is 5.96. The highest BCUT2D eigenvalue weighted by Crippen LogP contribution is 2.32. The predicted octanol–water partition coefficient (Wildman–Crippen LogP) is 1.19. The number of nitro groups is 1. The summed E-state index contributed by atoms with van der Waals surface area (Å²) >= 11 is 0. The molecule has 1 unspecified atom stereocenters. The van der Waals surface area contributed by atoms with Crippen molar-refractivity contribution in [3.8, 4) is 0 Å². The van der Waals surface area contributed by atoms with E-state index in [4.69, 9.17) is 0 Å². The van der Waals surface area contributed by atoms with E-state index in [2.05, 4.69) is 4.98 Å². The number of aldehydes is 1. The van der Waals surface area contributed by atoms with Crippen LogP contribution >= 0.6 is 0 Å². The molecule has 2 rings (SSSR count). The Morgan fingerprint density at radius 3 is 2.83 bits per heavy atom. The quantitative estimate of drug-likeness (QED) is 0.458. The lowest BCUT2D eigenvalue weighted by molar-refractivity contribution is -0.388. The molecule has 98 valence electrons. The Kier molecular flexibility index (Phi) is 3.31. The van der Waals surface area contributed by atoms with Crippen molar-refractivity contribution in [3.63, 3.8) is 0 Å². The first kappa shape index (κ1) is 12.5. The standard InChI is InChI=1S/C11H16N4O3/c1-8-12-10(15(17)18)11(13(8)2)14-6-4-3-5-9(14)7-16/h7,9H,3-6H2,1-2H3. The number of carbonyl (C=O) groups is 1. The molecule has 1 fully saturated rings. The molecule has 2 heterocycles. The molecule has 0 saturated carbocycles. The molecule has 0 radical (unpaired) electrons. The highest BCUT2D eigenvalue weighted by Gasteiger charge is 2.33. The van der Waals surface area contributed by atoms with Crippen LogP contribution in [0.4, 0.5) is 11.6 Å². The van der Waals surface area contributed by atoms with Gasteiger partial charge < -0.3 is 19.8 Å². The molecule has 1 aliphatic rings.